The number of nitrogens with zero attached hydrogens (tertiary/aromatic N) is 1. The molecular weight excluding hydrogens is 286 g/mol. The third-order valence-corrected chi connectivity index (χ3v) is 3.17. The Kier molecular flexibility index (Phi) is 4.88. The largest absolute Gasteiger partial charge is 0.394 e. The van der Waals surface area contributed by atoms with E-state index in [1.54, 1.807) is 0 Å². The maximum absolute atomic E-state index is 10.9. The Bertz CT molecular complexity index is 535. The maximum atomic E-state index is 10.9. The van der Waals surface area contributed by atoms with Crippen molar-refractivity contribution in [1.82, 2.24) is 9.97 Å². The van der Waals surface area contributed by atoms with Crippen LogP contribution in [0.4, 0.5) is 5.82 Å². The predicted octanol–water partition coefficient (Wildman–Crippen LogP) is -3.33. The zero-order valence-corrected chi connectivity index (χ0v) is 10.9. The van der Waals surface area contributed by atoms with Crippen LogP contribution in [-0.2, 0) is 16.1 Å². The summed E-state index contributed by atoms with van der Waals surface area (Å²) in [6.45, 7) is -0.703. The van der Waals surface area contributed by atoms with E-state index in [9.17, 15) is 20.1 Å². The van der Waals surface area contributed by atoms with Crippen LogP contribution < -0.4 is 11.4 Å². The van der Waals surface area contributed by atoms with Gasteiger partial charge in [-0.05, 0) is 0 Å². The summed E-state index contributed by atoms with van der Waals surface area (Å²) in [5.41, 5.74) is 5.28. The molecule has 7 N–H and O–H groups in total. The lowest BCUT2D eigenvalue weighted by Crippen LogP contribution is -2.59. The second-order valence-electron chi connectivity index (χ2n) is 4.62. The van der Waals surface area contributed by atoms with Crippen molar-refractivity contribution in [3.05, 3.63) is 22.2 Å². The molecule has 0 radical (unpaired) electrons. The van der Waals surface area contributed by atoms with Crippen molar-refractivity contribution in [3.8, 4) is 0 Å². The Balaban J connectivity index is 2.03. The summed E-state index contributed by atoms with van der Waals surface area (Å²) in [7, 11) is 0. The van der Waals surface area contributed by atoms with Crippen molar-refractivity contribution in [3.63, 3.8) is 0 Å². The number of hydrogen-bond donors (Lipinski definition) is 6. The molecule has 1 saturated heterocycles. The summed E-state index contributed by atoms with van der Waals surface area (Å²) in [4.78, 5) is 16.7. The third kappa shape index (κ3) is 3.37. The van der Waals surface area contributed by atoms with Crippen LogP contribution in [0, 0.1) is 0 Å². The first-order chi connectivity index (χ1) is 9.93. The van der Waals surface area contributed by atoms with E-state index in [2.05, 4.69) is 9.97 Å². The van der Waals surface area contributed by atoms with E-state index in [1.165, 1.54) is 6.20 Å². The highest BCUT2D eigenvalue weighted by atomic mass is 16.7. The molecule has 0 aliphatic carbocycles. The minimum atomic E-state index is -1.52. The number of hydrogen-bond acceptors (Lipinski definition) is 9. The number of aromatic amines is 1. The van der Waals surface area contributed by atoms with Crippen LogP contribution in [0.1, 0.15) is 5.56 Å². The second-order valence-corrected chi connectivity index (χ2v) is 4.62. The molecule has 1 aliphatic heterocycles. The minimum Gasteiger partial charge on any atom is -0.394 e. The Morgan fingerprint density at radius 2 is 2.05 bits per heavy atom. The fourth-order valence-electron chi connectivity index (χ4n) is 1.93. The molecular formula is C11H17N3O7. The topological polar surface area (TPSA) is 171 Å². The van der Waals surface area contributed by atoms with Gasteiger partial charge in [0.1, 0.15) is 30.2 Å². The van der Waals surface area contributed by atoms with Crippen molar-refractivity contribution < 1.29 is 29.9 Å². The standard InChI is InChI=1S/C11H17N3O7/c12-9-4(1-13-11(19)14-9)3-20-10-8(18)7(17)6(16)5(2-15)21-10/h1,5-8,10,15-18H,2-3H2,(H3,12,13,14,19)/t5-,6-,7+,8-,10?/m1/s1. The van der Waals surface area contributed by atoms with Crippen LogP contribution in [-0.4, -0.2) is 67.7 Å². The Morgan fingerprint density at radius 1 is 1.33 bits per heavy atom. The molecule has 21 heavy (non-hydrogen) atoms. The van der Waals surface area contributed by atoms with Gasteiger partial charge in [0.25, 0.3) is 0 Å². The summed E-state index contributed by atoms with van der Waals surface area (Å²) < 4.78 is 10.4. The molecule has 0 spiro atoms. The minimum absolute atomic E-state index is 0.0386. The van der Waals surface area contributed by atoms with Gasteiger partial charge in [-0.2, -0.15) is 4.98 Å². The molecule has 1 fully saturated rings. The SMILES string of the molecule is Nc1nc(=O)[nH]cc1COC1O[C@H](CO)[C@@H](O)[C@H](O)[C@H]1O. The lowest BCUT2D eigenvalue weighted by atomic mass is 9.99. The zero-order chi connectivity index (χ0) is 15.6. The Hall–Kier alpha value is -1.56. The van der Waals surface area contributed by atoms with Gasteiger partial charge in [-0.15, -0.1) is 0 Å². The van der Waals surface area contributed by atoms with Gasteiger partial charge < -0.3 is 40.6 Å². The second kappa shape index (κ2) is 6.47. The van der Waals surface area contributed by atoms with E-state index in [1.807, 2.05) is 0 Å². The zero-order valence-electron chi connectivity index (χ0n) is 10.9. The number of nitrogens with two attached hydrogens (primary N) is 1. The number of H-pyrrole nitrogens is 1. The lowest BCUT2D eigenvalue weighted by Gasteiger charge is -2.39. The van der Waals surface area contributed by atoms with Gasteiger partial charge in [0.2, 0.25) is 0 Å². The molecule has 10 nitrogen and oxygen atoms in total. The number of nitrogen functional groups attached to an aromatic ring is 1. The number of rotatable bonds is 4. The average molecular weight is 303 g/mol. The van der Waals surface area contributed by atoms with Crippen molar-refractivity contribution in [1.29, 1.82) is 0 Å². The highest BCUT2D eigenvalue weighted by Crippen LogP contribution is 2.23. The van der Waals surface area contributed by atoms with E-state index in [0.717, 1.165) is 0 Å². The van der Waals surface area contributed by atoms with Crippen LogP contribution in [0.25, 0.3) is 0 Å². The molecule has 1 unspecified atom stereocenters. The van der Waals surface area contributed by atoms with Crippen LogP contribution in [0.3, 0.4) is 0 Å². The molecule has 0 bridgehead atoms. The maximum Gasteiger partial charge on any atom is 0.346 e. The highest BCUT2D eigenvalue weighted by Gasteiger charge is 2.44. The van der Waals surface area contributed by atoms with Crippen molar-refractivity contribution in [2.45, 2.75) is 37.3 Å². The average Bonchev–Trinajstić information content (AvgIpc) is 2.46. The fraction of sp³-hybridized carbons (Fsp3) is 0.636. The van der Waals surface area contributed by atoms with E-state index in [-0.39, 0.29) is 12.4 Å². The number of aromatic nitrogens is 2. The van der Waals surface area contributed by atoms with E-state index >= 15 is 0 Å². The first-order valence-electron chi connectivity index (χ1n) is 6.20. The van der Waals surface area contributed by atoms with Crippen LogP contribution in [0.5, 0.6) is 0 Å². The fourth-order valence-corrected chi connectivity index (χ4v) is 1.93. The number of nitrogens with one attached hydrogen (secondary N) is 1. The summed E-state index contributed by atoms with van der Waals surface area (Å²) in [5, 5.41) is 38.0. The number of aliphatic hydroxyl groups is 4. The van der Waals surface area contributed by atoms with Gasteiger partial charge in [-0.25, -0.2) is 4.79 Å². The number of ether oxygens (including phenoxy) is 2. The van der Waals surface area contributed by atoms with Crippen molar-refractivity contribution in [2.75, 3.05) is 12.3 Å². The quantitative estimate of drug-likeness (QED) is 0.332. The van der Waals surface area contributed by atoms with E-state index in [0.29, 0.717) is 5.56 Å². The lowest BCUT2D eigenvalue weighted by molar-refractivity contribution is -0.304. The molecule has 1 aliphatic rings. The molecule has 1 aromatic heterocycles. The highest BCUT2D eigenvalue weighted by molar-refractivity contribution is 5.35. The molecule has 10 heteroatoms. The Morgan fingerprint density at radius 3 is 2.67 bits per heavy atom. The van der Waals surface area contributed by atoms with Crippen LogP contribution in [0.15, 0.2) is 11.0 Å². The molecule has 2 rings (SSSR count). The van der Waals surface area contributed by atoms with Crippen LogP contribution >= 0.6 is 0 Å². The van der Waals surface area contributed by atoms with Gasteiger partial charge in [0.15, 0.2) is 6.29 Å². The summed E-state index contributed by atoms with van der Waals surface area (Å²) in [6.07, 6.45) is -5.50. The molecule has 0 saturated carbocycles. The molecule has 0 amide bonds. The summed E-state index contributed by atoms with van der Waals surface area (Å²) in [6, 6.07) is 0. The number of aliphatic hydroxyl groups excluding tert-OH is 4. The molecule has 2 heterocycles. The Labute approximate surface area is 118 Å². The third-order valence-electron chi connectivity index (χ3n) is 3.17. The molecule has 1 aromatic rings. The van der Waals surface area contributed by atoms with Gasteiger partial charge in [-0.1, -0.05) is 0 Å². The predicted molar refractivity (Wildman–Crippen MR) is 67.8 cm³/mol. The molecule has 0 aromatic carbocycles. The molecule has 118 valence electrons. The van der Waals surface area contributed by atoms with Gasteiger partial charge in [0, 0.05) is 11.8 Å². The van der Waals surface area contributed by atoms with Crippen molar-refractivity contribution in [2.24, 2.45) is 0 Å². The van der Waals surface area contributed by atoms with E-state index < -0.39 is 43.0 Å². The van der Waals surface area contributed by atoms with Crippen molar-refractivity contribution >= 4 is 5.82 Å². The normalized spacial score (nSPS) is 33.0. The van der Waals surface area contributed by atoms with Gasteiger partial charge in [-0.3, -0.25) is 0 Å². The summed E-state index contributed by atoms with van der Waals surface area (Å²) >= 11 is 0. The van der Waals surface area contributed by atoms with Gasteiger partial charge >= 0.3 is 5.69 Å². The number of anilines is 1. The van der Waals surface area contributed by atoms with Gasteiger partial charge in [0.05, 0.1) is 13.2 Å². The van der Waals surface area contributed by atoms with Crippen LogP contribution in [0.2, 0.25) is 0 Å². The first-order valence-corrected chi connectivity index (χ1v) is 6.20. The summed E-state index contributed by atoms with van der Waals surface area (Å²) in [5.74, 6) is -0.0386. The van der Waals surface area contributed by atoms with E-state index in [4.69, 9.17) is 20.3 Å². The smallest absolute Gasteiger partial charge is 0.346 e. The molecule has 5 atom stereocenters. The monoisotopic (exact) mass is 303 g/mol. The first kappa shape index (κ1) is 15.8.